The second-order valence-corrected chi connectivity index (χ2v) is 15.6. The summed E-state index contributed by atoms with van der Waals surface area (Å²) >= 11 is 0. The molecule has 3 saturated carbocycles. The molecule has 1 saturated heterocycles. The van der Waals surface area contributed by atoms with Crippen LogP contribution in [-0.2, 0) is 31.9 Å². The Labute approximate surface area is 310 Å². The van der Waals surface area contributed by atoms with Gasteiger partial charge in [0.15, 0.2) is 5.82 Å². The Kier molecular flexibility index (Phi) is 11.3. The molecule has 3 aliphatic carbocycles. The van der Waals surface area contributed by atoms with E-state index in [0.717, 1.165) is 30.5 Å². The fourth-order valence-electron chi connectivity index (χ4n) is 7.91. The van der Waals surface area contributed by atoms with E-state index in [4.69, 9.17) is 29.3 Å². The number of methoxy groups -OCH3 is 1. The summed E-state index contributed by atoms with van der Waals surface area (Å²) < 4.78 is 60.6. The van der Waals surface area contributed by atoms with E-state index in [1.165, 1.54) is 19.4 Å². The summed E-state index contributed by atoms with van der Waals surface area (Å²) in [4.78, 5) is 31.1. The molecule has 1 aliphatic heterocycles. The molecule has 2 bridgehead atoms. The topological polar surface area (TPSA) is 131 Å². The third-order valence-electron chi connectivity index (χ3n) is 10.7. The minimum absolute atomic E-state index is 0. The van der Waals surface area contributed by atoms with Crippen molar-refractivity contribution in [2.45, 2.75) is 96.7 Å². The number of hydrogen-bond donors (Lipinski definition) is 2. The molecule has 6 atom stereocenters. The highest BCUT2D eigenvalue weighted by molar-refractivity contribution is 6.48. The second-order valence-electron chi connectivity index (χ2n) is 15.6. The predicted octanol–water partition coefficient (Wildman–Crippen LogP) is 6.32. The first-order chi connectivity index (χ1) is 24.0. The number of benzene rings is 2. The molecule has 2 heterocycles. The number of carbonyl (C=O) groups excluding carboxylic acids is 2. The van der Waals surface area contributed by atoms with Gasteiger partial charge in [0.05, 0.1) is 31.0 Å². The van der Waals surface area contributed by atoms with E-state index in [9.17, 15) is 9.59 Å². The number of halogens is 3. The van der Waals surface area contributed by atoms with Crippen molar-refractivity contribution in [1.29, 1.82) is 0 Å². The first-order valence-electron chi connectivity index (χ1n) is 17.3. The molecule has 10 nitrogen and oxygen atoms in total. The smallest absolute Gasteiger partial charge is 0.482 e. The van der Waals surface area contributed by atoms with Gasteiger partial charge >= 0.3 is 13.1 Å². The number of esters is 1. The fourth-order valence-corrected chi connectivity index (χ4v) is 7.91. The maximum atomic E-state index is 15.4. The van der Waals surface area contributed by atoms with E-state index in [-0.39, 0.29) is 65.6 Å². The summed E-state index contributed by atoms with van der Waals surface area (Å²) in [5.74, 6) is -3.33. The van der Waals surface area contributed by atoms with Gasteiger partial charge in [0.25, 0.3) is 0 Å². The van der Waals surface area contributed by atoms with Crippen molar-refractivity contribution in [2.75, 3.05) is 7.11 Å². The quantitative estimate of drug-likeness (QED) is 0.171. The first-order valence-corrected chi connectivity index (χ1v) is 17.3. The lowest BCUT2D eigenvalue weighted by Gasteiger charge is -2.64. The van der Waals surface area contributed by atoms with Gasteiger partial charge in [0, 0.05) is 6.07 Å². The van der Waals surface area contributed by atoms with E-state index in [1.807, 2.05) is 37.3 Å². The summed E-state index contributed by atoms with van der Waals surface area (Å²) in [5.41, 5.74) is 5.52. The molecule has 2 aromatic carbocycles. The fraction of sp³-hybridized carbons (Fsp3) is 0.500. The van der Waals surface area contributed by atoms with Crippen LogP contribution in [0.1, 0.15) is 87.6 Å². The lowest BCUT2D eigenvalue weighted by atomic mass is 9.43. The molecular formula is C38H47BClF2N3O7. The zero-order valence-corrected chi connectivity index (χ0v) is 31.4. The lowest BCUT2D eigenvalue weighted by molar-refractivity contribution is -0.199. The van der Waals surface area contributed by atoms with E-state index < -0.39 is 53.8 Å². The Morgan fingerprint density at radius 2 is 1.81 bits per heavy atom. The summed E-state index contributed by atoms with van der Waals surface area (Å²) in [6.45, 7) is 11.8. The lowest BCUT2D eigenvalue weighted by Crippen LogP contribution is -2.65. The van der Waals surface area contributed by atoms with Crippen molar-refractivity contribution in [3.8, 4) is 11.5 Å². The van der Waals surface area contributed by atoms with Gasteiger partial charge in [-0.25, -0.2) is 13.6 Å². The number of ether oxygens (including phenoxy) is 3. The SMILES string of the molecule is COc1c(C[C@H](NC(=O)C(N)c2ncc(OCc3ccccc3)cc2F)B2O[C@@H]3C[C@@H]4C[C@@H](C4(C)C)[C@]3(C)O2)ccc(F)c1C(=O)OC(C)(C)C.Cl. The molecule has 4 aliphatic rings. The third-order valence-corrected chi connectivity index (χ3v) is 10.7. The van der Waals surface area contributed by atoms with Crippen molar-refractivity contribution in [3.05, 3.63) is 88.7 Å². The molecule has 1 amide bonds. The zero-order valence-electron chi connectivity index (χ0n) is 30.5. The Hall–Kier alpha value is -3.78. The van der Waals surface area contributed by atoms with Crippen LogP contribution >= 0.6 is 12.4 Å². The largest absolute Gasteiger partial charge is 0.495 e. The number of pyridine rings is 1. The molecule has 1 aromatic heterocycles. The number of aromatic nitrogens is 1. The maximum absolute atomic E-state index is 15.4. The average Bonchev–Trinajstić information content (AvgIpc) is 3.44. The highest BCUT2D eigenvalue weighted by Gasteiger charge is 2.68. The Morgan fingerprint density at radius 3 is 2.44 bits per heavy atom. The molecular weight excluding hydrogens is 695 g/mol. The number of nitrogens with one attached hydrogen (secondary N) is 1. The van der Waals surface area contributed by atoms with Gasteiger partial charge in [-0.1, -0.05) is 50.2 Å². The third kappa shape index (κ3) is 7.64. The van der Waals surface area contributed by atoms with Crippen LogP contribution in [-0.4, -0.2) is 54.3 Å². The van der Waals surface area contributed by atoms with Crippen LogP contribution in [0.5, 0.6) is 11.5 Å². The Morgan fingerprint density at radius 1 is 1.10 bits per heavy atom. The van der Waals surface area contributed by atoms with E-state index in [2.05, 4.69) is 24.1 Å². The van der Waals surface area contributed by atoms with E-state index in [1.54, 1.807) is 20.8 Å². The molecule has 1 unspecified atom stereocenters. The minimum Gasteiger partial charge on any atom is -0.495 e. The molecule has 4 fully saturated rings. The molecule has 7 rings (SSSR count). The van der Waals surface area contributed by atoms with Crippen molar-refractivity contribution in [2.24, 2.45) is 23.0 Å². The Balaban J connectivity index is 0.00000523. The molecule has 0 radical (unpaired) electrons. The van der Waals surface area contributed by atoms with Gasteiger partial charge in [0.1, 0.15) is 46.8 Å². The van der Waals surface area contributed by atoms with Crippen molar-refractivity contribution >= 4 is 31.4 Å². The van der Waals surface area contributed by atoms with Gasteiger partial charge in [-0.2, -0.15) is 0 Å². The highest BCUT2D eigenvalue weighted by atomic mass is 35.5. The van der Waals surface area contributed by atoms with E-state index >= 15 is 8.78 Å². The van der Waals surface area contributed by atoms with Crippen LogP contribution in [0, 0.1) is 28.9 Å². The van der Waals surface area contributed by atoms with Crippen LogP contribution in [0.4, 0.5) is 8.78 Å². The zero-order chi connectivity index (χ0) is 36.9. The van der Waals surface area contributed by atoms with Crippen molar-refractivity contribution in [3.63, 3.8) is 0 Å². The van der Waals surface area contributed by atoms with Gasteiger partial charge in [-0.05, 0) is 81.4 Å². The summed E-state index contributed by atoms with van der Waals surface area (Å²) in [6.07, 6.45) is 2.90. The van der Waals surface area contributed by atoms with Crippen LogP contribution in [0.25, 0.3) is 0 Å². The number of nitrogens with zero attached hydrogens (tertiary/aromatic N) is 1. The van der Waals surface area contributed by atoms with Crippen LogP contribution in [0.3, 0.4) is 0 Å². The second kappa shape index (κ2) is 14.9. The molecule has 3 aromatic rings. The molecule has 52 heavy (non-hydrogen) atoms. The number of nitrogens with two attached hydrogens (primary N) is 1. The van der Waals surface area contributed by atoms with Crippen molar-refractivity contribution in [1.82, 2.24) is 10.3 Å². The molecule has 0 spiro atoms. The van der Waals surface area contributed by atoms with Crippen LogP contribution < -0.4 is 20.5 Å². The van der Waals surface area contributed by atoms with Gasteiger partial charge in [-0.15, -0.1) is 12.4 Å². The average molecular weight is 742 g/mol. The maximum Gasteiger partial charge on any atom is 0.482 e. The first kappa shape index (κ1) is 39.4. The number of rotatable bonds is 11. The number of amides is 1. The normalized spacial score (nSPS) is 24.0. The molecule has 14 heteroatoms. The van der Waals surface area contributed by atoms with Gasteiger partial charge in [0.2, 0.25) is 5.91 Å². The summed E-state index contributed by atoms with van der Waals surface area (Å²) in [5, 5.41) is 2.91. The van der Waals surface area contributed by atoms with Crippen LogP contribution in [0.15, 0.2) is 54.7 Å². The molecule has 280 valence electrons. The monoisotopic (exact) mass is 741 g/mol. The molecule has 3 N–H and O–H groups in total. The summed E-state index contributed by atoms with van der Waals surface area (Å²) in [6, 6.07) is 11.6. The van der Waals surface area contributed by atoms with Crippen LogP contribution in [0.2, 0.25) is 0 Å². The van der Waals surface area contributed by atoms with E-state index in [0.29, 0.717) is 11.5 Å². The number of hydrogen-bond acceptors (Lipinski definition) is 9. The Bertz CT molecular complexity index is 1800. The highest BCUT2D eigenvalue weighted by Crippen LogP contribution is 2.65. The standard InChI is InChI=1S/C38H46BF2N3O7.ClH/c1-36(2,3)49-35(46)30-25(40)14-13-22(33(30)47-7)15-29(39-50-28-17-23-16-27(37(23,4)5)38(28,6)51-39)44-34(45)31(42)32-26(41)18-24(19-43-32)48-20-21-11-9-8-10-12-21;/h8-14,18-19,23,27-29,31H,15-17,20,42H2,1-7H3,(H,44,45);1H/t23-,27-,28+,29-,31?,38-;/m0./s1. The van der Waals surface area contributed by atoms with Gasteiger partial charge in [-0.3, -0.25) is 9.78 Å². The minimum atomic E-state index is -1.51. The van der Waals surface area contributed by atoms with Gasteiger partial charge < -0.3 is 34.6 Å². The predicted molar refractivity (Wildman–Crippen MR) is 193 cm³/mol. The van der Waals surface area contributed by atoms with Crippen molar-refractivity contribution < 1.29 is 41.9 Å². The summed E-state index contributed by atoms with van der Waals surface area (Å²) in [7, 11) is 0.378. The number of carbonyl (C=O) groups is 2.